The summed E-state index contributed by atoms with van der Waals surface area (Å²) in [4.78, 5) is 0. The molecular weight excluding hydrogens is 379 g/mol. The lowest BCUT2D eigenvalue weighted by Gasteiger charge is -2.41. The largest absolute Gasteiger partial charge is 0.251 e. The molecule has 0 aromatic heterocycles. The molecule has 0 bridgehead atoms. The number of alkyl halides is 1. The number of hydrogen-bond acceptors (Lipinski definition) is 0. The fraction of sp³-hybridized carbons (Fsp3) is 0.800. The van der Waals surface area contributed by atoms with Crippen LogP contribution >= 0.6 is 0 Å². The van der Waals surface area contributed by atoms with Crippen molar-refractivity contribution in [2.45, 2.75) is 110 Å². The summed E-state index contributed by atoms with van der Waals surface area (Å²) in [5.74, 6) is 6.21. The van der Waals surface area contributed by atoms with Crippen LogP contribution in [0.1, 0.15) is 108 Å². The van der Waals surface area contributed by atoms with Crippen LogP contribution in [0.25, 0.3) is 0 Å². The fourth-order valence-electron chi connectivity index (χ4n) is 7.46. The summed E-state index contributed by atoms with van der Waals surface area (Å²) >= 11 is 0. The predicted octanol–water partition coefficient (Wildman–Crippen LogP) is 8.96. The molecule has 0 radical (unpaired) electrons. The van der Waals surface area contributed by atoms with E-state index in [0.717, 1.165) is 41.1 Å². The van der Waals surface area contributed by atoms with Gasteiger partial charge in [0.15, 0.2) is 0 Å². The van der Waals surface area contributed by atoms with Crippen molar-refractivity contribution in [2.24, 2.45) is 35.5 Å². The van der Waals surface area contributed by atoms with Gasteiger partial charge in [-0.2, -0.15) is 0 Å². The van der Waals surface area contributed by atoms with E-state index in [1.807, 2.05) is 0 Å². The Kier molecular flexibility index (Phi) is 8.91. The minimum absolute atomic E-state index is 0.246. The van der Waals surface area contributed by atoms with Gasteiger partial charge in [0.05, 0.1) is 6.67 Å². The maximum absolute atomic E-state index is 12.5. The van der Waals surface area contributed by atoms with E-state index in [-0.39, 0.29) is 6.67 Å². The molecule has 0 nitrogen and oxygen atoms in total. The van der Waals surface area contributed by atoms with E-state index in [1.54, 1.807) is 25.7 Å². The summed E-state index contributed by atoms with van der Waals surface area (Å²) in [6.07, 6.45) is 22.7. The van der Waals surface area contributed by atoms with Crippen LogP contribution in [0.2, 0.25) is 0 Å². The smallest absolute Gasteiger partial charge is 0.0934 e. The van der Waals surface area contributed by atoms with Gasteiger partial charge >= 0.3 is 0 Å². The van der Waals surface area contributed by atoms with Gasteiger partial charge in [0.1, 0.15) is 0 Å². The molecule has 3 fully saturated rings. The molecule has 0 amide bonds. The molecule has 1 aromatic rings. The van der Waals surface area contributed by atoms with Crippen LogP contribution in [0.4, 0.5) is 4.39 Å². The summed E-state index contributed by atoms with van der Waals surface area (Å²) in [5, 5.41) is 0. The van der Waals surface area contributed by atoms with Crippen molar-refractivity contribution in [1.82, 2.24) is 0 Å². The first-order chi connectivity index (χ1) is 15.2. The second-order valence-corrected chi connectivity index (χ2v) is 11.4. The van der Waals surface area contributed by atoms with Crippen molar-refractivity contribution in [3.8, 4) is 0 Å². The average molecular weight is 427 g/mol. The van der Waals surface area contributed by atoms with Gasteiger partial charge < -0.3 is 0 Å². The van der Waals surface area contributed by atoms with E-state index in [9.17, 15) is 4.39 Å². The van der Waals surface area contributed by atoms with Gasteiger partial charge in [0.25, 0.3) is 0 Å². The summed E-state index contributed by atoms with van der Waals surface area (Å²) in [6, 6.07) is 8.70. The van der Waals surface area contributed by atoms with E-state index in [0.29, 0.717) is 6.42 Å². The normalized spacial score (nSPS) is 34.5. The number of rotatable bonds is 8. The molecular formula is C30H47F. The second kappa shape index (κ2) is 11.9. The Morgan fingerprint density at radius 3 is 1.39 bits per heavy atom. The molecule has 0 unspecified atom stereocenters. The third-order valence-electron chi connectivity index (χ3n) is 9.76. The predicted molar refractivity (Wildman–Crippen MR) is 131 cm³/mol. The lowest BCUT2D eigenvalue weighted by Crippen LogP contribution is -2.29. The highest BCUT2D eigenvalue weighted by Crippen LogP contribution is 2.46. The average Bonchev–Trinajstić information content (AvgIpc) is 2.84. The first-order valence-corrected chi connectivity index (χ1v) is 13.9. The Balaban J connectivity index is 1.13. The zero-order chi connectivity index (χ0) is 21.5. The zero-order valence-corrected chi connectivity index (χ0v) is 20.2. The standard InChI is InChI=1S/C30H47F/c1-2-23-9-13-27(14-10-23)29-17-19-30(20-18-29)28-15-11-25(12-16-28)4-3-24-5-7-26(8-6-24)21-22-31/h5-8,23,25,27-30H,2-4,9-22H2,1H3. The van der Waals surface area contributed by atoms with Gasteiger partial charge in [-0.05, 0) is 111 Å². The van der Waals surface area contributed by atoms with Crippen molar-refractivity contribution in [2.75, 3.05) is 6.67 Å². The number of halogens is 1. The van der Waals surface area contributed by atoms with Crippen molar-refractivity contribution < 1.29 is 4.39 Å². The van der Waals surface area contributed by atoms with Gasteiger partial charge in [-0.3, -0.25) is 4.39 Å². The van der Waals surface area contributed by atoms with Crippen LogP contribution in [-0.2, 0) is 12.8 Å². The first kappa shape index (κ1) is 23.3. The van der Waals surface area contributed by atoms with Gasteiger partial charge in [0.2, 0.25) is 0 Å². The fourth-order valence-corrected chi connectivity index (χ4v) is 7.46. The van der Waals surface area contributed by atoms with E-state index >= 15 is 0 Å². The molecule has 0 saturated heterocycles. The van der Waals surface area contributed by atoms with E-state index < -0.39 is 0 Å². The minimum Gasteiger partial charge on any atom is -0.251 e. The third-order valence-corrected chi connectivity index (χ3v) is 9.76. The number of benzene rings is 1. The maximum Gasteiger partial charge on any atom is 0.0934 e. The van der Waals surface area contributed by atoms with Crippen molar-refractivity contribution in [1.29, 1.82) is 0 Å². The lowest BCUT2D eigenvalue weighted by atomic mass is 9.64. The molecule has 3 aliphatic rings. The van der Waals surface area contributed by atoms with Crippen molar-refractivity contribution >= 4 is 0 Å². The molecule has 0 spiro atoms. The molecule has 31 heavy (non-hydrogen) atoms. The molecule has 0 heterocycles. The topological polar surface area (TPSA) is 0 Å². The second-order valence-electron chi connectivity index (χ2n) is 11.4. The van der Waals surface area contributed by atoms with Gasteiger partial charge in [0, 0.05) is 6.42 Å². The van der Waals surface area contributed by atoms with Gasteiger partial charge in [-0.1, -0.05) is 63.3 Å². The SMILES string of the molecule is CCC1CCC(C2CCC(C3CCC(CCc4ccc(CCF)cc4)CC3)CC2)CC1. The van der Waals surface area contributed by atoms with Crippen molar-refractivity contribution in [3.05, 3.63) is 35.4 Å². The quantitative estimate of drug-likeness (QED) is 0.389. The molecule has 3 aliphatic carbocycles. The highest BCUT2D eigenvalue weighted by Gasteiger charge is 2.34. The molecule has 1 aromatic carbocycles. The van der Waals surface area contributed by atoms with Crippen LogP contribution in [0.3, 0.4) is 0 Å². The Morgan fingerprint density at radius 2 is 0.968 bits per heavy atom. The van der Waals surface area contributed by atoms with Crippen LogP contribution < -0.4 is 0 Å². The Bertz CT molecular complexity index is 610. The van der Waals surface area contributed by atoms with Gasteiger partial charge in [-0.15, -0.1) is 0 Å². The summed E-state index contributed by atoms with van der Waals surface area (Å²) < 4.78 is 12.5. The Labute approximate surface area is 191 Å². The summed E-state index contributed by atoms with van der Waals surface area (Å²) in [7, 11) is 0. The Hall–Kier alpha value is -0.850. The van der Waals surface area contributed by atoms with Crippen LogP contribution in [0, 0.1) is 35.5 Å². The van der Waals surface area contributed by atoms with Crippen LogP contribution in [0.15, 0.2) is 24.3 Å². The van der Waals surface area contributed by atoms with E-state index in [1.165, 1.54) is 76.2 Å². The first-order valence-electron chi connectivity index (χ1n) is 13.9. The van der Waals surface area contributed by atoms with Gasteiger partial charge in [-0.25, -0.2) is 0 Å². The maximum atomic E-state index is 12.5. The molecule has 174 valence electrons. The molecule has 1 heteroatoms. The highest BCUT2D eigenvalue weighted by atomic mass is 19.1. The molecule has 4 rings (SSSR count). The highest BCUT2D eigenvalue weighted by molar-refractivity contribution is 5.22. The lowest BCUT2D eigenvalue weighted by molar-refractivity contribution is 0.103. The van der Waals surface area contributed by atoms with Crippen molar-refractivity contribution in [3.63, 3.8) is 0 Å². The van der Waals surface area contributed by atoms with E-state index in [4.69, 9.17) is 0 Å². The van der Waals surface area contributed by atoms with Crippen LogP contribution in [0.5, 0.6) is 0 Å². The Morgan fingerprint density at radius 1 is 0.581 bits per heavy atom. The number of hydrogen-bond donors (Lipinski definition) is 0. The zero-order valence-electron chi connectivity index (χ0n) is 20.2. The molecule has 0 aliphatic heterocycles. The third kappa shape index (κ3) is 6.58. The summed E-state index contributed by atoms with van der Waals surface area (Å²) in [6.45, 7) is 2.14. The van der Waals surface area contributed by atoms with Crippen LogP contribution in [-0.4, -0.2) is 6.67 Å². The molecule has 3 saturated carbocycles. The monoisotopic (exact) mass is 426 g/mol. The molecule has 0 atom stereocenters. The van der Waals surface area contributed by atoms with E-state index in [2.05, 4.69) is 31.2 Å². The summed E-state index contributed by atoms with van der Waals surface area (Å²) in [5.41, 5.74) is 2.58. The number of aryl methyl sites for hydroxylation is 2. The molecule has 0 N–H and O–H groups in total. The minimum atomic E-state index is -0.246.